The van der Waals surface area contributed by atoms with Gasteiger partial charge < -0.3 is 4.57 Å². The number of para-hydroxylation sites is 2. The van der Waals surface area contributed by atoms with E-state index in [1.165, 1.54) is 17.8 Å². The topological polar surface area (TPSA) is 65.6 Å². The highest BCUT2D eigenvalue weighted by Gasteiger charge is 2.21. The van der Waals surface area contributed by atoms with Crippen molar-refractivity contribution in [3.05, 3.63) is 108 Å². The summed E-state index contributed by atoms with van der Waals surface area (Å²) in [5.41, 5.74) is 4.28. The maximum Gasteiger partial charge on any atom is 0.196 e. The van der Waals surface area contributed by atoms with Crippen LogP contribution in [0.1, 0.15) is 21.7 Å². The molecule has 8 heteroatoms. The van der Waals surface area contributed by atoms with Gasteiger partial charge in [-0.3, -0.25) is 14.3 Å². The van der Waals surface area contributed by atoms with E-state index in [4.69, 9.17) is 0 Å². The Morgan fingerprint density at radius 3 is 2.37 bits per heavy atom. The molecule has 6 nitrogen and oxygen atoms in total. The summed E-state index contributed by atoms with van der Waals surface area (Å²) < 4.78 is 18.2. The van der Waals surface area contributed by atoms with E-state index in [0.717, 1.165) is 16.9 Å². The third-order valence-corrected chi connectivity index (χ3v) is 6.67. The molecular weight excluding hydrogens is 461 g/mol. The number of aromatic nitrogens is 5. The van der Waals surface area contributed by atoms with Crippen LogP contribution in [0, 0.1) is 19.7 Å². The van der Waals surface area contributed by atoms with Gasteiger partial charge in [-0.05, 0) is 56.3 Å². The van der Waals surface area contributed by atoms with Gasteiger partial charge in [0.25, 0.3) is 0 Å². The van der Waals surface area contributed by atoms with Crippen molar-refractivity contribution in [2.24, 2.45) is 0 Å². The molecule has 5 aromatic rings. The zero-order valence-electron chi connectivity index (χ0n) is 19.2. The lowest BCUT2D eigenvalue weighted by molar-refractivity contribution is 0.102. The lowest BCUT2D eigenvalue weighted by Crippen LogP contribution is -2.07. The number of nitrogens with zero attached hydrogens (tertiary/aromatic N) is 5. The number of pyridine rings is 1. The van der Waals surface area contributed by atoms with Gasteiger partial charge in [-0.2, -0.15) is 0 Å². The summed E-state index contributed by atoms with van der Waals surface area (Å²) >= 11 is 1.32. The molecule has 0 unspecified atom stereocenters. The first-order valence-corrected chi connectivity index (χ1v) is 12.0. The predicted molar refractivity (Wildman–Crippen MR) is 135 cm³/mol. The molecule has 3 heterocycles. The van der Waals surface area contributed by atoms with Gasteiger partial charge in [-0.25, -0.2) is 4.39 Å². The maximum atomic E-state index is 14.4. The van der Waals surface area contributed by atoms with Crippen LogP contribution in [0.5, 0.6) is 0 Å². The summed E-state index contributed by atoms with van der Waals surface area (Å²) in [6, 6.07) is 21.9. The molecule has 0 N–H and O–H groups in total. The van der Waals surface area contributed by atoms with E-state index in [0.29, 0.717) is 27.9 Å². The van der Waals surface area contributed by atoms with Crippen molar-refractivity contribution in [3.63, 3.8) is 0 Å². The predicted octanol–water partition coefficient (Wildman–Crippen LogP) is 5.85. The summed E-state index contributed by atoms with van der Waals surface area (Å²) in [5, 5.41) is 9.40. The molecule has 0 atom stereocenters. The normalized spacial score (nSPS) is 11.1. The second-order valence-electron chi connectivity index (χ2n) is 8.00. The van der Waals surface area contributed by atoms with Crippen molar-refractivity contribution in [1.29, 1.82) is 0 Å². The van der Waals surface area contributed by atoms with Crippen molar-refractivity contribution < 1.29 is 9.18 Å². The molecule has 0 aliphatic rings. The van der Waals surface area contributed by atoms with Gasteiger partial charge >= 0.3 is 0 Å². The molecule has 3 aromatic heterocycles. The molecule has 0 saturated heterocycles. The first-order valence-electron chi connectivity index (χ1n) is 11.1. The number of carbonyl (C=O) groups is 1. The Hall–Kier alpha value is -4.04. The van der Waals surface area contributed by atoms with E-state index in [9.17, 15) is 9.18 Å². The summed E-state index contributed by atoms with van der Waals surface area (Å²) in [5.74, 6) is 0.454. The molecule has 35 heavy (non-hydrogen) atoms. The van der Waals surface area contributed by atoms with E-state index in [-0.39, 0.29) is 17.4 Å². The molecule has 5 rings (SSSR count). The second kappa shape index (κ2) is 9.68. The lowest BCUT2D eigenvalue weighted by atomic mass is 10.2. The molecule has 0 aliphatic carbocycles. The molecule has 0 spiro atoms. The minimum atomic E-state index is -0.331. The van der Waals surface area contributed by atoms with Crippen molar-refractivity contribution in [2.45, 2.75) is 19.0 Å². The highest BCUT2D eigenvalue weighted by Crippen LogP contribution is 2.29. The van der Waals surface area contributed by atoms with Crippen LogP contribution < -0.4 is 0 Å². The van der Waals surface area contributed by atoms with Gasteiger partial charge in [0.2, 0.25) is 0 Å². The number of aryl methyl sites for hydroxylation is 1. The van der Waals surface area contributed by atoms with E-state index in [1.807, 2.05) is 66.9 Å². The Balaban J connectivity index is 1.45. The summed E-state index contributed by atoms with van der Waals surface area (Å²) in [6.45, 7) is 3.71. The average Bonchev–Trinajstić information content (AvgIpc) is 3.44. The monoisotopic (exact) mass is 483 g/mol. The quantitative estimate of drug-likeness (QED) is 0.215. The molecule has 2 aromatic carbocycles. The summed E-state index contributed by atoms with van der Waals surface area (Å²) in [7, 11) is 0. The van der Waals surface area contributed by atoms with Crippen molar-refractivity contribution in [1.82, 2.24) is 24.3 Å². The van der Waals surface area contributed by atoms with E-state index >= 15 is 0 Å². The SMILES string of the molecule is Cc1cc(C(=O)CSc2nnc(-c3ccncc3)n2-c2ccccc2)c(C)n1-c1ccccc1F. The van der Waals surface area contributed by atoms with Crippen LogP contribution >= 0.6 is 11.8 Å². The number of Topliss-reactive ketones (excluding diaryl/α,β-unsaturated/α-hetero) is 1. The van der Waals surface area contributed by atoms with E-state index in [2.05, 4.69) is 15.2 Å². The Morgan fingerprint density at radius 1 is 0.914 bits per heavy atom. The van der Waals surface area contributed by atoms with Crippen LogP contribution in [0.4, 0.5) is 4.39 Å². The van der Waals surface area contributed by atoms with Crippen LogP contribution in [-0.4, -0.2) is 35.9 Å². The van der Waals surface area contributed by atoms with Gasteiger partial charge in [-0.15, -0.1) is 10.2 Å². The standard InChI is InChI=1S/C27H22FN5OS/c1-18-16-22(19(2)32(18)24-11-7-6-10-23(24)28)25(34)17-35-27-31-30-26(20-12-14-29-15-13-20)33(27)21-8-4-3-5-9-21/h3-16H,17H2,1-2H3. The number of hydrogen-bond donors (Lipinski definition) is 0. The third-order valence-electron chi connectivity index (χ3n) is 5.74. The molecule has 0 amide bonds. The third kappa shape index (κ3) is 4.40. The molecule has 0 fully saturated rings. The van der Waals surface area contributed by atoms with Crippen LogP contribution in [0.3, 0.4) is 0 Å². The Bertz CT molecular complexity index is 1500. The number of benzene rings is 2. The van der Waals surface area contributed by atoms with E-state index in [1.54, 1.807) is 35.2 Å². The summed E-state index contributed by atoms with van der Waals surface area (Å²) in [6.07, 6.45) is 3.42. The fraction of sp³-hybridized carbons (Fsp3) is 0.111. The number of rotatable bonds is 7. The minimum absolute atomic E-state index is 0.0567. The minimum Gasteiger partial charge on any atom is -0.315 e. The molecule has 0 bridgehead atoms. The summed E-state index contributed by atoms with van der Waals surface area (Å²) in [4.78, 5) is 17.3. The first-order chi connectivity index (χ1) is 17.0. The average molecular weight is 484 g/mol. The van der Waals surface area contributed by atoms with Gasteiger partial charge in [0.1, 0.15) is 5.82 Å². The zero-order valence-corrected chi connectivity index (χ0v) is 20.0. The zero-order chi connectivity index (χ0) is 24.4. The number of halogens is 1. The Morgan fingerprint density at radius 2 is 1.63 bits per heavy atom. The molecule has 0 saturated carbocycles. The highest BCUT2D eigenvalue weighted by atomic mass is 32.2. The fourth-order valence-electron chi connectivity index (χ4n) is 4.12. The molecule has 0 aliphatic heterocycles. The number of thioether (sulfide) groups is 1. The lowest BCUT2D eigenvalue weighted by Gasteiger charge is -2.11. The van der Waals surface area contributed by atoms with Crippen molar-refractivity contribution in [3.8, 4) is 22.8 Å². The maximum absolute atomic E-state index is 14.4. The van der Waals surface area contributed by atoms with Crippen molar-refractivity contribution in [2.75, 3.05) is 5.75 Å². The Labute approximate surface area is 206 Å². The second-order valence-corrected chi connectivity index (χ2v) is 8.94. The van der Waals surface area contributed by atoms with Gasteiger partial charge in [0.15, 0.2) is 16.8 Å². The van der Waals surface area contributed by atoms with Gasteiger partial charge in [0, 0.05) is 40.6 Å². The molecular formula is C27H22FN5OS. The highest BCUT2D eigenvalue weighted by molar-refractivity contribution is 7.99. The largest absolute Gasteiger partial charge is 0.315 e. The van der Waals surface area contributed by atoms with Crippen LogP contribution in [-0.2, 0) is 0 Å². The first kappa shape index (κ1) is 22.7. The Kier molecular flexibility index (Phi) is 6.29. The van der Waals surface area contributed by atoms with Crippen LogP contribution in [0.15, 0.2) is 90.3 Å². The van der Waals surface area contributed by atoms with Crippen LogP contribution in [0.2, 0.25) is 0 Å². The van der Waals surface area contributed by atoms with E-state index < -0.39 is 0 Å². The number of carbonyl (C=O) groups excluding carboxylic acids is 1. The smallest absolute Gasteiger partial charge is 0.196 e. The van der Waals surface area contributed by atoms with Crippen LogP contribution in [0.25, 0.3) is 22.8 Å². The fourth-order valence-corrected chi connectivity index (χ4v) is 4.95. The molecule has 0 radical (unpaired) electrons. The van der Waals surface area contributed by atoms with Gasteiger partial charge in [0.05, 0.1) is 11.4 Å². The number of ketones is 1. The van der Waals surface area contributed by atoms with Gasteiger partial charge in [-0.1, -0.05) is 42.1 Å². The number of hydrogen-bond acceptors (Lipinski definition) is 5. The molecule has 174 valence electrons. The van der Waals surface area contributed by atoms with Crippen molar-refractivity contribution >= 4 is 17.5 Å².